The summed E-state index contributed by atoms with van der Waals surface area (Å²) in [4.78, 5) is 20.4. The number of aromatic nitrogens is 2. The average molecular weight is 358 g/mol. The van der Waals surface area contributed by atoms with Crippen LogP contribution in [0.2, 0.25) is 5.02 Å². The van der Waals surface area contributed by atoms with Gasteiger partial charge in [-0.2, -0.15) is 0 Å². The first kappa shape index (κ1) is 17.0. The fourth-order valence-electron chi connectivity index (χ4n) is 2.37. The van der Waals surface area contributed by atoms with E-state index >= 15 is 0 Å². The standard InChI is InChI=1S/C18H16ClN3O3/c1-24-15-3-2-13(10-14(15)19)17-16(22-11-25-17)18(23)21-9-6-12-4-7-20-8-5-12/h2-5,7-8,10-11H,6,9H2,1H3,(H,21,23). The van der Waals surface area contributed by atoms with E-state index < -0.39 is 0 Å². The number of ether oxygens (including phenoxy) is 1. The van der Waals surface area contributed by atoms with Crippen molar-refractivity contribution < 1.29 is 13.9 Å². The Morgan fingerprint density at radius 1 is 1.28 bits per heavy atom. The van der Waals surface area contributed by atoms with Gasteiger partial charge in [0.25, 0.3) is 5.91 Å². The number of amides is 1. The first-order valence-corrected chi connectivity index (χ1v) is 8.01. The number of nitrogens with one attached hydrogen (secondary N) is 1. The summed E-state index contributed by atoms with van der Waals surface area (Å²) in [5.74, 6) is 0.615. The lowest BCUT2D eigenvalue weighted by Gasteiger charge is -2.07. The van der Waals surface area contributed by atoms with Gasteiger partial charge in [0.05, 0.1) is 12.1 Å². The maximum Gasteiger partial charge on any atom is 0.273 e. The zero-order valence-corrected chi connectivity index (χ0v) is 14.3. The topological polar surface area (TPSA) is 77.2 Å². The second kappa shape index (κ2) is 7.81. The molecule has 0 spiro atoms. The predicted octanol–water partition coefficient (Wildman–Crippen LogP) is 3.37. The van der Waals surface area contributed by atoms with Crippen LogP contribution in [0.1, 0.15) is 16.1 Å². The van der Waals surface area contributed by atoms with Gasteiger partial charge >= 0.3 is 0 Å². The summed E-state index contributed by atoms with van der Waals surface area (Å²) in [6, 6.07) is 8.97. The molecule has 0 saturated heterocycles. The molecule has 0 radical (unpaired) electrons. The van der Waals surface area contributed by atoms with Crippen molar-refractivity contribution in [1.29, 1.82) is 0 Å². The van der Waals surface area contributed by atoms with Crippen LogP contribution in [0.25, 0.3) is 11.3 Å². The second-order valence-corrected chi connectivity index (χ2v) is 5.65. The fraction of sp³-hybridized carbons (Fsp3) is 0.167. The summed E-state index contributed by atoms with van der Waals surface area (Å²) in [5, 5.41) is 3.27. The highest BCUT2D eigenvalue weighted by molar-refractivity contribution is 6.32. The molecule has 0 aliphatic rings. The van der Waals surface area contributed by atoms with Crippen molar-refractivity contribution in [3.63, 3.8) is 0 Å². The van der Waals surface area contributed by atoms with E-state index in [0.717, 1.165) is 5.56 Å². The SMILES string of the molecule is COc1ccc(-c2ocnc2C(=O)NCCc2ccncc2)cc1Cl. The molecule has 0 aliphatic heterocycles. The molecule has 0 saturated carbocycles. The summed E-state index contributed by atoms with van der Waals surface area (Å²) in [6.07, 6.45) is 5.39. The molecule has 0 atom stereocenters. The Labute approximate surface area is 149 Å². The summed E-state index contributed by atoms with van der Waals surface area (Å²) in [6.45, 7) is 0.485. The van der Waals surface area contributed by atoms with Gasteiger partial charge in [0, 0.05) is 24.5 Å². The van der Waals surface area contributed by atoms with E-state index in [9.17, 15) is 4.79 Å². The van der Waals surface area contributed by atoms with E-state index in [0.29, 0.717) is 35.1 Å². The number of carbonyl (C=O) groups excluding carboxylic acids is 1. The van der Waals surface area contributed by atoms with Gasteiger partial charge in [-0.15, -0.1) is 0 Å². The van der Waals surface area contributed by atoms with Gasteiger partial charge in [-0.25, -0.2) is 4.98 Å². The Morgan fingerprint density at radius 2 is 2.08 bits per heavy atom. The Balaban J connectivity index is 1.70. The second-order valence-electron chi connectivity index (χ2n) is 5.24. The van der Waals surface area contributed by atoms with Crippen LogP contribution in [0.3, 0.4) is 0 Å². The zero-order chi connectivity index (χ0) is 17.6. The Hall–Kier alpha value is -2.86. The van der Waals surface area contributed by atoms with Gasteiger partial charge in [-0.3, -0.25) is 9.78 Å². The van der Waals surface area contributed by atoms with E-state index in [1.807, 2.05) is 12.1 Å². The third-order valence-electron chi connectivity index (χ3n) is 3.65. The minimum absolute atomic E-state index is 0.218. The van der Waals surface area contributed by atoms with Crippen molar-refractivity contribution in [2.75, 3.05) is 13.7 Å². The van der Waals surface area contributed by atoms with E-state index in [1.165, 1.54) is 13.5 Å². The van der Waals surface area contributed by atoms with Crippen LogP contribution in [0.4, 0.5) is 0 Å². The smallest absolute Gasteiger partial charge is 0.273 e. The molecule has 2 heterocycles. The number of halogens is 1. The Morgan fingerprint density at radius 3 is 2.80 bits per heavy atom. The third kappa shape index (κ3) is 3.97. The van der Waals surface area contributed by atoms with Crippen molar-refractivity contribution in [3.8, 4) is 17.1 Å². The number of pyridine rings is 1. The van der Waals surface area contributed by atoms with Crippen molar-refractivity contribution in [2.24, 2.45) is 0 Å². The fourth-order valence-corrected chi connectivity index (χ4v) is 2.63. The molecule has 128 valence electrons. The molecule has 1 aromatic carbocycles. The normalized spacial score (nSPS) is 10.5. The summed E-state index contributed by atoms with van der Waals surface area (Å²) < 4.78 is 10.5. The Bertz CT molecular complexity index is 865. The summed E-state index contributed by atoms with van der Waals surface area (Å²) >= 11 is 6.14. The molecule has 3 aromatic rings. The van der Waals surface area contributed by atoms with Gasteiger partial charge in [0.2, 0.25) is 0 Å². The number of hydrogen-bond donors (Lipinski definition) is 1. The van der Waals surface area contributed by atoms with Crippen LogP contribution >= 0.6 is 11.6 Å². The lowest BCUT2D eigenvalue weighted by molar-refractivity contribution is 0.0950. The van der Waals surface area contributed by atoms with Crippen LogP contribution < -0.4 is 10.1 Å². The number of nitrogens with zero attached hydrogens (tertiary/aromatic N) is 2. The van der Waals surface area contributed by atoms with Gasteiger partial charge in [0.1, 0.15) is 5.75 Å². The third-order valence-corrected chi connectivity index (χ3v) is 3.94. The molecule has 1 amide bonds. The molecule has 25 heavy (non-hydrogen) atoms. The largest absolute Gasteiger partial charge is 0.495 e. The zero-order valence-electron chi connectivity index (χ0n) is 13.5. The quantitative estimate of drug-likeness (QED) is 0.731. The summed E-state index contributed by atoms with van der Waals surface area (Å²) in [5.41, 5.74) is 1.97. The molecule has 0 fully saturated rings. The highest BCUT2D eigenvalue weighted by Crippen LogP contribution is 2.31. The number of benzene rings is 1. The van der Waals surface area contributed by atoms with E-state index in [1.54, 1.807) is 30.6 Å². The molecule has 0 bridgehead atoms. The maximum atomic E-state index is 12.4. The molecular weight excluding hydrogens is 342 g/mol. The van der Waals surface area contributed by atoms with Gasteiger partial charge in [0.15, 0.2) is 17.8 Å². The van der Waals surface area contributed by atoms with Crippen LogP contribution in [0.5, 0.6) is 5.75 Å². The molecule has 0 unspecified atom stereocenters. The lowest BCUT2D eigenvalue weighted by Crippen LogP contribution is -2.26. The van der Waals surface area contributed by atoms with E-state index in [2.05, 4.69) is 15.3 Å². The van der Waals surface area contributed by atoms with Crippen LogP contribution in [-0.2, 0) is 6.42 Å². The van der Waals surface area contributed by atoms with Gasteiger partial charge < -0.3 is 14.5 Å². The lowest BCUT2D eigenvalue weighted by atomic mass is 10.1. The average Bonchev–Trinajstić information content (AvgIpc) is 3.12. The van der Waals surface area contributed by atoms with Gasteiger partial charge in [-0.1, -0.05) is 11.6 Å². The molecule has 6 nitrogen and oxygen atoms in total. The predicted molar refractivity (Wildman–Crippen MR) is 93.8 cm³/mol. The van der Waals surface area contributed by atoms with Crippen LogP contribution in [0.15, 0.2) is 53.5 Å². The molecule has 0 aliphatic carbocycles. The minimum atomic E-state index is -0.301. The Kier molecular flexibility index (Phi) is 5.30. The minimum Gasteiger partial charge on any atom is -0.495 e. The monoisotopic (exact) mass is 357 g/mol. The maximum absolute atomic E-state index is 12.4. The number of carbonyl (C=O) groups is 1. The number of rotatable bonds is 6. The molecule has 1 N–H and O–H groups in total. The first-order chi connectivity index (χ1) is 12.2. The highest BCUT2D eigenvalue weighted by Gasteiger charge is 2.19. The number of oxazole rings is 1. The highest BCUT2D eigenvalue weighted by atomic mass is 35.5. The van der Waals surface area contributed by atoms with Crippen molar-refractivity contribution >= 4 is 17.5 Å². The van der Waals surface area contributed by atoms with E-state index in [4.69, 9.17) is 20.8 Å². The van der Waals surface area contributed by atoms with Crippen molar-refractivity contribution in [2.45, 2.75) is 6.42 Å². The molecule has 7 heteroatoms. The van der Waals surface area contributed by atoms with E-state index in [-0.39, 0.29) is 11.6 Å². The molecule has 2 aromatic heterocycles. The summed E-state index contributed by atoms with van der Waals surface area (Å²) in [7, 11) is 1.54. The first-order valence-electron chi connectivity index (χ1n) is 7.63. The molecule has 3 rings (SSSR count). The number of hydrogen-bond acceptors (Lipinski definition) is 5. The van der Waals surface area contributed by atoms with Crippen molar-refractivity contribution in [3.05, 3.63) is 65.4 Å². The van der Waals surface area contributed by atoms with Crippen molar-refractivity contribution in [1.82, 2.24) is 15.3 Å². The molecular formula is C18H16ClN3O3. The van der Waals surface area contributed by atoms with Gasteiger partial charge in [-0.05, 0) is 42.3 Å². The van der Waals surface area contributed by atoms with Crippen LogP contribution in [0, 0.1) is 0 Å². The van der Waals surface area contributed by atoms with Crippen LogP contribution in [-0.4, -0.2) is 29.5 Å². The number of methoxy groups -OCH3 is 1.